The Labute approximate surface area is 167 Å². The van der Waals surface area contributed by atoms with Gasteiger partial charge in [-0.15, -0.1) is 0 Å². The predicted octanol–water partition coefficient (Wildman–Crippen LogP) is 1.07. The third-order valence-corrected chi connectivity index (χ3v) is 7.24. The number of fused-ring (bicyclic) bond motifs is 1. The van der Waals surface area contributed by atoms with Gasteiger partial charge in [0.25, 0.3) is 0 Å². The van der Waals surface area contributed by atoms with Crippen molar-refractivity contribution in [1.29, 1.82) is 0 Å². The molecule has 0 bridgehead atoms. The SMILES string of the molecule is Cc1noc(C)c1CCC(=O)N1C[C@H]2C[C@@H](N3CCN(C)CC3)[C@H](O)C[C@H]2C1. The van der Waals surface area contributed by atoms with Gasteiger partial charge in [-0.05, 0) is 52.0 Å². The molecule has 3 aliphatic rings. The molecule has 7 heteroatoms. The molecule has 1 saturated carbocycles. The van der Waals surface area contributed by atoms with Crippen molar-refractivity contribution in [3.63, 3.8) is 0 Å². The van der Waals surface area contributed by atoms with Crippen LogP contribution in [0.1, 0.15) is 36.3 Å². The normalized spacial score (nSPS) is 31.9. The van der Waals surface area contributed by atoms with E-state index in [1.807, 2.05) is 18.7 Å². The van der Waals surface area contributed by atoms with Gasteiger partial charge in [0.05, 0.1) is 11.8 Å². The number of piperazine rings is 1. The Hall–Kier alpha value is -1.44. The highest BCUT2D eigenvalue weighted by Crippen LogP contribution is 2.38. The van der Waals surface area contributed by atoms with Gasteiger partial charge in [0, 0.05) is 57.3 Å². The van der Waals surface area contributed by atoms with Crippen LogP contribution >= 0.6 is 0 Å². The van der Waals surface area contributed by atoms with Gasteiger partial charge in [0.1, 0.15) is 5.76 Å². The molecule has 0 radical (unpaired) electrons. The highest BCUT2D eigenvalue weighted by molar-refractivity contribution is 5.76. The van der Waals surface area contributed by atoms with Gasteiger partial charge in [-0.2, -0.15) is 0 Å². The first-order valence-corrected chi connectivity index (χ1v) is 10.7. The van der Waals surface area contributed by atoms with E-state index in [9.17, 15) is 9.90 Å². The molecule has 1 aromatic rings. The molecule has 1 aliphatic carbocycles. The van der Waals surface area contributed by atoms with Crippen molar-refractivity contribution in [2.45, 2.75) is 51.7 Å². The molecule has 2 aliphatic heterocycles. The zero-order valence-corrected chi connectivity index (χ0v) is 17.4. The molecular weight excluding hydrogens is 356 g/mol. The number of nitrogens with zero attached hydrogens (tertiary/aromatic N) is 4. The molecular formula is C21H34N4O3. The minimum Gasteiger partial charge on any atom is -0.391 e. The molecule has 3 fully saturated rings. The highest BCUT2D eigenvalue weighted by atomic mass is 16.5. The fourth-order valence-electron chi connectivity index (χ4n) is 5.41. The number of amides is 1. The lowest BCUT2D eigenvalue weighted by molar-refractivity contribution is -0.130. The van der Waals surface area contributed by atoms with E-state index in [0.29, 0.717) is 24.7 Å². The number of aliphatic hydroxyl groups excluding tert-OH is 1. The topological polar surface area (TPSA) is 73.1 Å². The van der Waals surface area contributed by atoms with Gasteiger partial charge in [-0.3, -0.25) is 9.69 Å². The number of hydrogen-bond acceptors (Lipinski definition) is 6. The molecule has 1 amide bonds. The molecule has 4 rings (SSSR count). The largest absolute Gasteiger partial charge is 0.391 e. The van der Waals surface area contributed by atoms with Crippen LogP contribution in [0.2, 0.25) is 0 Å². The van der Waals surface area contributed by atoms with E-state index in [2.05, 4.69) is 22.0 Å². The Bertz CT molecular complexity index is 678. The molecule has 0 unspecified atom stereocenters. The number of likely N-dealkylation sites (tertiary alicyclic amines) is 1. The number of aliphatic hydroxyl groups is 1. The lowest BCUT2D eigenvalue weighted by Gasteiger charge is -2.44. The zero-order valence-electron chi connectivity index (χ0n) is 17.4. The number of carbonyl (C=O) groups is 1. The number of hydrogen-bond donors (Lipinski definition) is 1. The fourth-order valence-corrected chi connectivity index (χ4v) is 5.41. The van der Waals surface area contributed by atoms with Crippen molar-refractivity contribution in [3.05, 3.63) is 17.0 Å². The number of carbonyl (C=O) groups excluding carboxylic acids is 1. The molecule has 156 valence electrons. The maximum absolute atomic E-state index is 12.8. The van der Waals surface area contributed by atoms with Gasteiger partial charge < -0.3 is 19.4 Å². The Morgan fingerprint density at radius 2 is 1.82 bits per heavy atom. The van der Waals surface area contributed by atoms with E-state index in [1.165, 1.54) is 0 Å². The molecule has 1 N–H and O–H groups in total. The molecule has 0 aromatic carbocycles. The van der Waals surface area contributed by atoms with Gasteiger partial charge in [-0.1, -0.05) is 5.16 Å². The maximum atomic E-state index is 12.8. The first-order chi connectivity index (χ1) is 13.4. The second-order valence-electron chi connectivity index (χ2n) is 9.07. The quantitative estimate of drug-likeness (QED) is 0.829. The molecule has 7 nitrogen and oxygen atoms in total. The van der Waals surface area contributed by atoms with Crippen molar-refractivity contribution in [2.24, 2.45) is 11.8 Å². The average Bonchev–Trinajstić information content (AvgIpc) is 3.23. The molecule has 3 heterocycles. The Kier molecular flexibility index (Phi) is 5.76. The van der Waals surface area contributed by atoms with E-state index in [4.69, 9.17) is 4.52 Å². The molecule has 0 spiro atoms. The van der Waals surface area contributed by atoms with Crippen LogP contribution < -0.4 is 0 Å². The van der Waals surface area contributed by atoms with Crippen LogP contribution in [0.25, 0.3) is 0 Å². The number of likely N-dealkylation sites (N-methyl/N-ethyl adjacent to an activating group) is 1. The van der Waals surface area contributed by atoms with Gasteiger partial charge in [-0.25, -0.2) is 0 Å². The van der Waals surface area contributed by atoms with Crippen LogP contribution in [-0.2, 0) is 11.2 Å². The maximum Gasteiger partial charge on any atom is 0.222 e. The predicted molar refractivity (Wildman–Crippen MR) is 106 cm³/mol. The summed E-state index contributed by atoms with van der Waals surface area (Å²) in [5.41, 5.74) is 1.95. The standard InChI is InChI=1S/C21H34N4O3/c1-14-18(15(2)28-22-14)4-5-21(27)25-12-16-10-19(20(26)11-17(16)13-25)24-8-6-23(3)7-9-24/h16-17,19-20,26H,4-13H2,1-3H3/t16-,17+,19-,20-/m1/s1. The summed E-state index contributed by atoms with van der Waals surface area (Å²) in [7, 11) is 2.16. The summed E-state index contributed by atoms with van der Waals surface area (Å²) in [4.78, 5) is 19.7. The second-order valence-corrected chi connectivity index (χ2v) is 9.07. The van der Waals surface area contributed by atoms with Gasteiger partial charge >= 0.3 is 0 Å². The lowest BCUT2D eigenvalue weighted by atomic mass is 9.77. The highest BCUT2D eigenvalue weighted by Gasteiger charge is 2.44. The third-order valence-electron chi connectivity index (χ3n) is 7.24. The summed E-state index contributed by atoms with van der Waals surface area (Å²) < 4.78 is 5.21. The van der Waals surface area contributed by atoms with Crippen molar-refractivity contribution >= 4 is 5.91 Å². The van der Waals surface area contributed by atoms with Crippen LogP contribution in [0.3, 0.4) is 0 Å². The third kappa shape index (κ3) is 3.98. The first kappa shape index (κ1) is 19.9. The molecule has 2 saturated heterocycles. The van der Waals surface area contributed by atoms with E-state index >= 15 is 0 Å². The molecule has 1 aromatic heterocycles. The Morgan fingerprint density at radius 1 is 1.14 bits per heavy atom. The number of rotatable bonds is 4. The Morgan fingerprint density at radius 3 is 2.46 bits per heavy atom. The minimum absolute atomic E-state index is 0.222. The fraction of sp³-hybridized carbons (Fsp3) is 0.810. The van der Waals surface area contributed by atoms with Crippen molar-refractivity contribution in [3.8, 4) is 0 Å². The van der Waals surface area contributed by atoms with E-state index < -0.39 is 0 Å². The lowest BCUT2D eigenvalue weighted by Crippen LogP contribution is -2.55. The van der Waals surface area contributed by atoms with Crippen LogP contribution in [0.15, 0.2) is 4.52 Å². The average molecular weight is 391 g/mol. The van der Waals surface area contributed by atoms with Crippen LogP contribution in [0, 0.1) is 25.7 Å². The van der Waals surface area contributed by atoms with Gasteiger partial charge in [0.15, 0.2) is 0 Å². The van der Waals surface area contributed by atoms with Crippen LogP contribution in [0.4, 0.5) is 0 Å². The summed E-state index contributed by atoms with van der Waals surface area (Å²) >= 11 is 0. The zero-order chi connectivity index (χ0) is 19.8. The van der Waals surface area contributed by atoms with E-state index in [0.717, 1.165) is 69.1 Å². The van der Waals surface area contributed by atoms with Crippen LogP contribution in [-0.4, -0.2) is 89.3 Å². The van der Waals surface area contributed by atoms with Crippen molar-refractivity contribution in [2.75, 3.05) is 46.3 Å². The first-order valence-electron chi connectivity index (χ1n) is 10.7. The monoisotopic (exact) mass is 390 g/mol. The van der Waals surface area contributed by atoms with Crippen molar-refractivity contribution < 1.29 is 14.4 Å². The summed E-state index contributed by atoms with van der Waals surface area (Å²) in [5.74, 6) is 2.01. The van der Waals surface area contributed by atoms with Crippen LogP contribution in [0.5, 0.6) is 0 Å². The molecule has 4 atom stereocenters. The number of aromatic nitrogens is 1. The smallest absolute Gasteiger partial charge is 0.222 e. The van der Waals surface area contributed by atoms with Gasteiger partial charge in [0.2, 0.25) is 5.91 Å². The van der Waals surface area contributed by atoms with E-state index in [-0.39, 0.29) is 18.1 Å². The summed E-state index contributed by atoms with van der Waals surface area (Å²) in [6, 6.07) is 0.257. The van der Waals surface area contributed by atoms with E-state index in [1.54, 1.807) is 0 Å². The summed E-state index contributed by atoms with van der Waals surface area (Å²) in [6.07, 6.45) is 2.78. The minimum atomic E-state index is -0.262. The second kappa shape index (κ2) is 8.13. The Balaban J connectivity index is 1.32. The molecule has 28 heavy (non-hydrogen) atoms. The summed E-state index contributed by atoms with van der Waals surface area (Å²) in [5, 5.41) is 14.8. The number of aryl methyl sites for hydroxylation is 2. The van der Waals surface area contributed by atoms with Crippen molar-refractivity contribution in [1.82, 2.24) is 19.9 Å². The summed E-state index contributed by atoms with van der Waals surface area (Å²) in [6.45, 7) is 9.71.